The SMILES string of the molecule is COc1ccc(C[NH+]2CCC([NH+]3CC[NH+](CCO)CC3)CC2)c(OC)c1OC. The van der Waals surface area contributed by atoms with E-state index in [1.54, 1.807) is 36.0 Å². The zero-order valence-corrected chi connectivity index (χ0v) is 17.7. The van der Waals surface area contributed by atoms with Gasteiger partial charge in [-0.2, -0.15) is 0 Å². The van der Waals surface area contributed by atoms with Gasteiger partial charge < -0.3 is 34.0 Å². The number of piperazine rings is 1. The third-order valence-electron chi connectivity index (χ3n) is 6.56. The molecule has 28 heavy (non-hydrogen) atoms. The molecular weight excluding hydrogens is 358 g/mol. The molecule has 158 valence electrons. The van der Waals surface area contributed by atoms with Crippen molar-refractivity contribution in [2.75, 3.05) is 73.7 Å². The van der Waals surface area contributed by atoms with Crippen LogP contribution in [0.5, 0.6) is 17.2 Å². The van der Waals surface area contributed by atoms with Crippen LogP contribution in [0.2, 0.25) is 0 Å². The molecule has 0 aliphatic carbocycles. The van der Waals surface area contributed by atoms with Crippen LogP contribution in [0.1, 0.15) is 18.4 Å². The van der Waals surface area contributed by atoms with Gasteiger partial charge in [-0.25, -0.2) is 0 Å². The van der Waals surface area contributed by atoms with Crippen LogP contribution < -0.4 is 28.9 Å². The van der Waals surface area contributed by atoms with Crippen molar-refractivity contribution in [3.05, 3.63) is 17.7 Å². The largest absolute Gasteiger partial charge is 0.493 e. The lowest BCUT2D eigenvalue weighted by Gasteiger charge is -2.37. The molecule has 0 radical (unpaired) electrons. The Morgan fingerprint density at radius 3 is 2.11 bits per heavy atom. The summed E-state index contributed by atoms with van der Waals surface area (Å²) in [6.45, 7) is 9.49. The van der Waals surface area contributed by atoms with E-state index in [4.69, 9.17) is 19.3 Å². The minimum atomic E-state index is 0.312. The fourth-order valence-corrected chi connectivity index (χ4v) is 4.92. The molecule has 2 aliphatic rings. The van der Waals surface area contributed by atoms with Gasteiger partial charge in [-0.3, -0.25) is 0 Å². The number of quaternary nitrogens is 3. The summed E-state index contributed by atoms with van der Waals surface area (Å²) in [4.78, 5) is 4.96. The van der Waals surface area contributed by atoms with Crippen LogP contribution >= 0.6 is 0 Å². The number of hydrogen-bond acceptors (Lipinski definition) is 4. The first-order chi connectivity index (χ1) is 13.7. The zero-order valence-electron chi connectivity index (χ0n) is 17.7. The summed E-state index contributed by atoms with van der Waals surface area (Å²) in [5.74, 6) is 2.19. The molecule has 0 bridgehead atoms. The van der Waals surface area contributed by atoms with Gasteiger partial charge >= 0.3 is 0 Å². The second-order valence-electron chi connectivity index (χ2n) is 8.08. The highest BCUT2D eigenvalue weighted by Gasteiger charge is 2.34. The minimum Gasteiger partial charge on any atom is -0.493 e. The summed E-state index contributed by atoms with van der Waals surface area (Å²) >= 11 is 0. The topological polar surface area (TPSA) is 61.2 Å². The Balaban J connectivity index is 1.54. The number of nitrogens with one attached hydrogen (secondary N) is 3. The summed E-state index contributed by atoms with van der Waals surface area (Å²) in [7, 11) is 5.01. The molecule has 1 aromatic rings. The maximum atomic E-state index is 9.13. The third-order valence-corrected chi connectivity index (χ3v) is 6.56. The first-order valence-corrected chi connectivity index (χ1v) is 10.6. The molecule has 7 nitrogen and oxygen atoms in total. The monoisotopic (exact) mass is 396 g/mol. The molecule has 2 fully saturated rings. The average Bonchev–Trinajstić information content (AvgIpc) is 2.74. The Bertz CT molecular complexity index is 612. The Morgan fingerprint density at radius 2 is 1.54 bits per heavy atom. The van der Waals surface area contributed by atoms with Crippen molar-refractivity contribution in [2.45, 2.75) is 25.4 Å². The number of piperidine rings is 1. The molecule has 0 saturated carbocycles. The molecular formula is C21H38N3O4+3. The molecule has 2 aliphatic heterocycles. The highest BCUT2D eigenvalue weighted by molar-refractivity contribution is 5.55. The zero-order chi connectivity index (χ0) is 19.9. The number of rotatable bonds is 8. The van der Waals surface area contributed by atoms with Gasteiger partial charge in [-0.15, -0.1) is 0 Å². The van der Waals surface area contributed by atoms with Gasteiger partial charge in [-0.1, -0.05) is 0 Å². The van der Waals surface area contributed by atoms with Crippen LogP contribution in [0.3, 0.4) is 0 Å². The summed E-state index contributed by atoms with van der Waals surface area (Å²) in [5, 5.41) is 9.13. The lowest BCUT2D eigenvalue weighted by atomic mass is 10.0. The number of hydrogen-bond donors (Lipinski definition) is 4. The van der Waals surface area contributed by atoms with Gasteiger partial charge in [0.25, 0.3) is 0 Å². The maximum absolute atomic E-state index is 9.13. The van der Waals surface area contributed by atoms with Crippen LogP contribution in [0.25, 0.3) is 0 Å². The lowest BCUT2D eigenvalue weighted by Crippen LogP contribution is -3.30. The van der Waals surface area contributed by atoms with Crippen molar-refractivity contribution in [3.8, 4) is 17.2 Å². The van der Waals surface area contributed by atoms with E-state index in [1.807, 2.05) is 6.07 Å². The number of ether oxygens (including phenoxy) is 3. The normalized spacial score (nSPS) is 28.0. The van der Waals surface area contributed by atoms with Crippen molar-refractivity contribution in [2.24, 2.45) is 0 Å². The first kappa shape index (κ1) is 21.2. The highest BCUT2D eigenvalue weighted by atomic mass is 16.5. The van der Waals surface area contributed by atoms with Gasteiger partial charge in [0.2, 0.25) is 5.75 Å². The molecule has 3 rings (SSSR count). The quantitative estimate of drug-likeness (QED) is 0.379. The molecule has 4 N–H and O–H groups in total. The van der Waals surface area contributed by atoms with Crippen molar-refractivity contribution in [3.63, 3.8) is 0 Å². The van der Waals surface area contributed by atoms with E-state index in [9.17, 15) is 0 Å². The predicted molar refractivity (Wildman–Crippen MR) is 107 cm³/mol. The van der Waals surface area contributed by atoms with Gasteiger partial charge in [0.1, 0.15) is 39.3 Å². The van der Waals surface area contributed by atoms with Crippen molar-refractivity contribution in [1.82, 2.24) is 0 Å². The summed E-state index contributed by atoms with van der Waals surface area (Å²) in [6.07, 6.45) is 2.57. The fourth-order valence-electron chi connectivity index (χ4n) is 4.92. The molecule has 7 heteroatoms. The number of aliphatic hydroxyl groups excluding tert-OH is 1. The molecule has 2 saturated heterocycles. The van der Waals surface area contributed by atoms with E-state index in [0.717, 1.165) is 24.9 Å². The average molecular weight is 397 g/mol. The van der Waals surface area contributed by atoms with Crippen LogP contribution in [0.4, 0.5) is 0 Å². The van der Waals surface area contributed by atoms with E-state index in [0.29, 0.717) is 18.1 Å². The number of methoxy groups -OCH3 is 3. The number of aliphatic hydroxyl groups is 1. The molecule has 0 spiro atoms. The molecule has 0 atom stereocenters. The summed E-state index contributed by atoms with van der Waals surface area (Å²) in [6, 6.07) is 4.88. The van der Waals surface area contributed by atoms with Gasteiger partial charge in [0.05, 0.1) is 52.6 Å². The number of benzene rings is 1. The van der Waals surface area contributed by atoms with Crippen molar-refractivity contribution < 1.29 is 34.0 Å². The smallest absolute Gasteiger partial charge is 0.203 e. The van der Waals surface area contributed by atoms with E-state index < -0.39 is 0 Å². The Labute approximate surface area is 168 Å². The predicted octanol–water partition coefficient (Wildman–Crippen LogP) is -2.96. The van der Waals surface area contributed by atoms with Crippen molar-refractivity contribution >= 4 is 0 Å². The molecule has 0 aromatic heterocycles. The van der Waals surface area contributed by atoms with Gasteiger partial charge in [0, 0.05) is 12.8 Å². The maximum Gasteiger partial charge on any atom is 0.203 e. The van der Waals surface area contributed by atoms with Crippen LogP contribution in [0, 0.1) is 0 Å². The third kappa shape index (κ3) is 4.89. The van der Waals surface area contributed by atoms with E-state index in [2.05, 4.69) is 6.07 Å². The standard InChI is InChI=1S/C21H35N3O4/c1-26-19-5-4-17(20(27-2)21(19)28-3)16-23-8-6-18(7-9-23)24-12-10-22(11-13-24)14-15-25/h4-5,18,25H,6-16H2,1-3H3/p+3. The van der Waals surface area contributed by atoms with E-state index >= 15 is 0 Å². The summed E-state index contributed by atoms with van der Waals surface area (Å²) in [5.41, 5.74) is 1.18. The Kier molecular flexibility index (Phi) is 7.79. The summed E-state index contributed by atoms with van der Waals surface area (Å²) < 4.78 is 16.6. The van der Waals surface area contributed by atoms with E-state index in [1.165, 1.54) is 57.7 Å². The van der Waals surface area contributed by atoms with Crippen molar-refractivity contribution in [1.29, 1.82) is 0 Å². The van der Waals surface area contributed by atoms with E-state index in [-0.39, 0.29) is 0 Å². The Morgan fingerprint density at radius 1 is 0.857 bits per heavy atom. The van der Waals surface area contributed by atoms with Crippen LogP contribution in [-0.2, 0) is 6.54 Å². The number of likely N-dealkylation sites (tertiary alicyclic amines) is 1. The molecule has 0 unspecified atom stereocenters. The van der Waals surface area contributed by atoms with Gasteiger partial charge in [0.15, 0.2) is 11.5 Å². The Hall–Kier alpha value is -1.54. The first-order valence-electron chi connectivity index (χ1n) is 10.6. The second-order valence-corrected chi connectivity index (χ2v) is 8.08. The van der Waals surface area contributed by atoms with Crippen LogP contribution in [-0.4, -0.2) is 84.9 Å². The molecule has 1 aromatic carbocycles. The van der Waals surface area contributed by atoms with Gasteiger partial charge in [-0.05, 0) is 12.1 Å². The molecule has 2 heterocycles. The minimum absolute atomic E-state index is 0.312. The lowest BCUT2D eigenvalue weighted by molar-refractivity contribution is -1.03. The fraction of sp³-hybridized carbons (Fsp3) is 0.714. The highest BCUT2D eigenvalue weighted by Crippen LogP contribution is 2.39. The second kappa shape index (κ2) is 10.3. The molecule has 0 amide bonds. The van der Waals surface area contributed by atoms with Crippen LogP contribution in [0.15, 0.2) is 12.1 Å².